The number of sulfonamides is 2. The normalized spacial score (nSPS) is 22.0. The van der Waals surface area contributed by atoms with Crippen molar-refractivity contribution in [1.82, 2.24) is 28.6 Å². The SMILES string of the molecule is C1CCN(CCC2CCNCC2)C1.COc1cc(C)c(S(=O)(=O)N2CCCC2COCC(=O)N2CCC(CCN3CCCC3)CC2)c(C)c1.COc1cc(C)c(S(=O)(=O)N2CCCC2COCC(=O)O)c(C)c1. The first-order valence-corrected chi connectivity index (χ1v) is 30.0. The van der Waals surface area contributed by atoms with Crippen LogP contribution in [0.5, 0.6) is 11.5 Å². The molecule has 0 aromatic heterocycles. The van der Waals surface area contributed by atoms with Gasteiger partial charge < -0.3 is 44.1 Å². The predicted molar refractivity (Wildman–Crippen MR) is 284 cm³/mol. The Morgan fingerprint density at radius 1 is 0.562 bits per heavy atom. The van der Waals surface area contributed by atoms with E-state index in [9.17, 15) is 26.4 Å². The number of carboxylic acids is 1. The summed E-state index contributed by atoms with van der Waals surface area (Å²) in [5, 5.41) is 12.1. The largest absolute Gasteiger partial charge is 0.497 e. The number of methoxy groups -OCH3 is 2. The van der Waals surface area contributed by atoms with Gasteiger partial charge in [-0.25, -0.2) is 21.6 Å². The summed E-state index contributed by atoms with van der Waals surface area (Å²) in [6.07, 6.45) is 16.1. The third kappa shape index (κ3) is 16.8. The number of carbonyl (C=O) groups is 2. The molecule has 6 heterocycles. The zero-order valence-electron chi connectivity index (χ0n) is 44.9. The van der Waals surface area contributed by atoms with E-state index in [0.717, 1.165) is 51.1 Å². The molecule has 19 heteroatoms. The van der Waals surface area contributed by atoms with E-state index in [1.54, 1.807) is 70.5 Å². The van der Waals surface area contributed by atoms with Gasteiger partial charge in [-0.15, -0.1) is 0 Å². The first kappa shape index (κ1) is 58.9. The maximum atomic E-state index is 13.5. The molecule has 73 heavy (non-hydrogen) atoms. The minimum absolute atomic E-state index is 0.0160. The van der Waals surface area contributed by atoms with Gasteiger partial charge in [-0.1, -0.05) is 0 Å². The molecule has 2 atom stereocenters. The number of carbonyl (C=O) groups excluding carboxylic acids is 1. The van der Waals surface area contributed by atoms with E-state index in [2.05, 4.69) is 15.1 Å². The average molecular weight is 1060 g/mol. The predicted octanol–water partition coefficient (Wildman–Crippen LogP) is 6.24. The quantitative estimate of drug-likeness (QED) is 0.152. The number of nitrogens with zero attached hydrogens (tertiary/aromatic N) is 5. The highest BCUT2D eigenvalue weighted by Crippen LogP contribution is 2.34. The van der Waals surface area contributed by atoms with Crippen LogP contribution in [0.1, 0.15) is 112 Å². The summed E-state index contributed by atoms with van der Waals surface area (Å²) in [5.41, 5.74) is 2.61. The Labute approximate surface area is 437 Å². The van der Waals surface area contributed by atoms with Crippen molar-refractivity contribution in [3.8, 4) is 11.5 Å². The van der Waals surface area contributed by atoms with Crippen molar-refractivity contribution in [2.75, 3.05) is 119 Å². The molecule has 6 saturated heterocycles. The lowest BCUT2D eigenvalue weighted by molar-refractivity contribution is -0.142. The third-order valence-electron chi connectivity index (χ3n) is 15.7. The second kappa shape index (κ2) is 28.7. The first-order valence-electron chi connectivity index (χ1n) is 27.2. The summed E-state index contributed by atoms with van der Waals surface area (Å²) in [7, 11) is -4.22. The smallest absolute Gasteiger partial charge is 0.329 e. The molecule has 6 fully saturated rings. The number of benzene rings is 2. The van der Waals surface area contributed by atoms with E-state index < -0.39 is 32.6 Å². The van der Waals surface area contributed by atoms with Crippen molar-refractivity contribution in [1.29, 1.82) is 0 Å². The van der Waals surface area contributed by atoms with Crippen LogP contribution in [0, 0.1) is 39.5 Å². The fourth-order valence-corrected chi connectivity index (χ4v) is 15.9. The van der Waals surface area contributed by atoms with Crippen molar-refractivity contribution in [3.05, 3.63) is 46.5 Å². The Bertz CT molecular complexity index is 2250. The molecule has 2 N–H and O–H groups in total. The standard InChI is InChI=1S/C27H43N3O5S.C16H23NO6S.C11H22N2/c1-21-17-25(34-3)18-22(2)27(21)36(32,33)30-13-6-7-24(30)19-35-20-26(31)29-15-9-23(10-16-29)8-14-28-11-4-5-12-28;1-11-7-14(22-3)8-12(2)16(11)24(20,21)17-6-4-5-13(17)9-23-10-15(18)19;1-2-9-13(8-1)10-5-11-3-6-12-7-4-11/h17-18,23-24H,4-16,19-20H2,1-3H3;7-8,13H,4-6,9-10H2,1-3H3,(H,18,19);11-12H,1-10H2. The van der Waals surface area contributed by atoms with Crippen molar-refractivity contribution < 1.29 is 50.5 Å². The highest BCUT2D eigenvalue weighted by Gasteiger charge is 2.39. The molecule has 6 aliphatic rings. The van der Waals surface area contributed by atoms with Gasteiger partial charge in [0.25, 0.3) is 0 Å². The molecule has 0 aliphatic carbocycles. The van der Waals surface area contributed by atoms with Crippen LogP contribution in [0.15, 0.2) is 34.1 Å². The van der Waals surface area contributed by atoms with E-state index in [1.807, 2.05) is 4.90 Å². The fourth-order valence-electron chi connectivity index (χ4n) is 11.7. The summed E-state index contributed by atoms with van der Waals surface area (Å²) in [5.74, 6) is 1.94. The van der Waals surface area contributed by atoms with Gasteiger partial charge in [-0.05, 0) is 228 Å². The number of rotatable bonds is 20. The molecular weight excluding hydrogens is 973 g/mol. The Balaban J connectivity index is 0.000000200. The van der Waals surface area contributed by atoms with Gasteiger partial charge in [0.15, 0.2) is 0 Å². The topological polar surface area (TPSA) is 188 Å². The second-order valence-electron chi connectivity index (χ2n) is 21.1. The number of piperidine rings is 2. The molecule has 412 valence electrons. The monoisotopic (exact) mass is 1060 g/mol. The summed E-state index contributed by atoms with van der Waals surface area (Å²) in [6.45, 7) is 19.8. The molecule has 8 rings (SSSR count). The van der Waals surface area contributed by atoms with Crippen LogP contribution in [-0.4, -0.2) is 188 Å². The Hall–Kier alpha value is -3.40. The molecule has 0 radical (unpaired) electrons. The van der Waals surface area contributed by atoms with Crippen LogP contribution >= 0.6 is 0 Å². The molecule has 2 unspecified atom stereocenters. The van der Waals surface area contributed by atoms with Gasteiger partial charge in [0, 0.05) is 38.3 Å². The molecule has 2 aromatic rings. The number of likely N-dealkylation sites (tertiary alicyclic amines) is 3. The van der Waals surface area contributed by atoms with Crippen LogP contribution < -0.4 is 14.8 Å². The van der Waals surface area contributed by atoms with Crippen LogP contribution in [0.25, 0.3) is 0 Å². The number of hydrogen-bond donors (Lipinski definition) is 2. The Kier molecular flexibility index (Phi) is 23.1. The number of carboxylic acid groups (broad SMARTS) is 1. The number of aryl methyl sites for hydroxylation is 4. The molecular formula is C54H88N6O11S2. The van der Waals surface area contributed by atoms with Crippen LogP contribution in [0.2, 0.25) is 0 Å². The molecule has 17 nitrogen and oxygen atoms in total. The van der Waals surface area contributed by atoms with Crippen molar-refractivity contribution in [3.63, 3.8) is 0 Å². The van der Waals surface area contributed by atoms with Gasteiger partial charge in [-0.2, -0.15) is 8.61 Å². The zero-order chi connectivity index (χ0) is 52.5. The number of amides is 1. The third-order valence-corrected chi connectivity index (χ3v) is 20.2. The second-order valence-corrected chi connectivity index (χ2v) is 24.8. The van der Waals surface area contributed by atoms with Gasteiger partial charge in [0.1, 0.15) is 24.7 Å². The van der Waals surface area contributed by atoms with Crippen molar-refractivity contribution >= 4 is 31.9 Å². The van der Waals surface area contributed by atoms with Crippen molar-refractivity contribution in [2.45, 2.75) is 139 Å². The van der Waals surface area contributed by atoms with Gasteiger partial charge in [0.05, 0.1) is 37.2 Å². The highest BCUT2D eigenvalue weighted by molar-refractivity contribution is 7.89. The minimum atomic E-state index is -3.67. The zero-order valence-corrected chi connectivity index (χ0v) is 46.5. The maximum absolute atomic E-state index is 13.5. The average Bonchev–Trinajstić information content (AvgIpc) is 4.23. The van der Waals surface area contributed by atoms with Crippen LogP contribution in [0.3, 0.4) is 0 Å². The lowest BCUT2D eigenvalue weighted by Gasteiger charge is -2.33. The van der Waals surface area contributed by atoms with Gasteiger partial charge >= 0.3 is 5.97 Å². The fraction of sp³-hybridized carbons (Fsp3) is 0.741. The summed E-state index contributed by atoms with van der Waals surface area (Å²) < 4.78 is 77.7. The Morgan fingerprint density at radius 3 is 1.36 bits per heavy atom. The summed E-state index contributed by atoms with van der Waals surface area (Å²) >= 11 is 0. The number of aliphatic carboxylic acids is 1. The van der Waals surface area contributed by atoms with Gasteiger partial charge in [-0.3, -0.25) is 4.79 Å². The highest BCUT2D eigenvalue weighted by atomic mass is 32.2. The molecule has 2 aromatic carbocycles. The van der Waals surface area contributed by atoms with E-state index in [1.165, 1.54) is 108 Å². The molecule has 1 amide bonds. The van der Waals surface area contributed by atoms with E-state index in [-0.39, 0.29) is 42.7 Å². The van der Waals surface area contributed by atoms with Gasteiger partial charge in [0.2, 0.25) is 26.0 Å². The van der Waals surface area contributed by atoms with Crippen molar-refractivity contribution in [2.24, 2.45) is 11.8 Å². The summed E-state index contributed by atoms with van der Waals surface area (Å²) in [4.78, 5) is 31.1. The molecule has 0 spiro atoms. The first-order chi connectivity index (χ1) is 35.0. The van der Waals surface area contributed by atoms with Crippen LogP contribution in [0.4, 0.5) is 0 Å². The van der Waals surface area contributed by atoms with E-state index in [4.69, 9.17) is 24.1 Å². The van der Waals surface area contributed by atoms with Crippen LogP contribution in [-0.2, 0) is 39.1 Å². The van der Waals surface area contributed by atoms with E-state index in [0.29, 0.717) is 64.1 Å². The molecule has 0 bridgehead atoms. The number of nitrogens with one attached hydrogen (secondary N) is 1. The lowest BCUT2D eigenvalue weighted by atomic mass is 9.93. The Morgan fingerprint density at radius 2 is 0.959 bits per heavy atom. The van der Waals surface area contributed by atoms with E-state index >= 15 is 0 Å². The molecule has 6 aliphatic heterocycles. The molecule has 0 saturated carbocycles. The summed E-state index contributed by atoms with van der Waals surface area (Å²) in [6, 6.07) is 6.33. The number of hydrogen-bond acceptors (Lipinski definition) is 13. The number of ether oxygens (including phenoxy) is 4. The lowest BCUT2D eigenvalue weighted by Crippen LogP contribution is -2.42. The minimum Gasteiger partial charge on any atom is -0.497 e. The maximum Gasteiger partial charge on any atom is 0.329 e.